The Kier molecular flexibility index (Phi) is 8.37. The van der Waals surface area contributed by atoms with Gasteiger partial charge in [0.05, 0.1) is 11.6 Å². The molecule has 1 unspecified atom stereocenters. The van der Waals surface area contributed by atoms with E-state index in [1.807, 2.05) is 37.2 Å². The highest BCUT2D eigenvalue weighted by molar-refractivity contribution is 8.00. The Balaban J connectivity index is 1.55. The van der Waals surface area contributed by atoms with Crippen LogP contribution in [-0.4, -0.2) is 41.1 Å². The van der Waals surface area contributed by atoms with Crippen LogP contribution in [0.25, 0.3) is 5.76 Å². The van der Waals surface area contributed by atoms with Crippen molar-refractivity contribution in [1.82, 2.24) is 10.2 Å². The van der Waals surface area contributed by atoms with Gasteiger partial charge in [-0.1, -0.05) is 76.6 Å². The summed E-state index contributed by atoms with van der Waals surface area (Å²) in [6, 6.07) is 15.6. The van der Waals surface area contributed by atoms with Crippen LogP contribution in [0.15, 0.2) is 70.6 Å². The molecule has 1 fully saturated rings. The average Bonchev–Trinajstić information content (AvgIpc) is 3.51. The maximum atomic E-state index is 14.4. The molecular formula is C29H23Cl2FN4O3S2. The highest BCUT2D eigenvalue weighted by Gasteiger charge is 2.48. The second-order valence-electron chi connectivity index (χ2n) is 9.49. The van der Waals surface area contributed by atoms with Crippen molar-refractivity contribution in [2.75, 3.05) is 23.9 Å². The summed E-state index contributed by atoms with van der Waals surface area (Å²) >= 11 is 14.8. The van der Waals surface area contributed by atoms with Gasteiger partial charge in [-0.15, -0.1) is 10.2 Å². The van der Waals surface area contributed by atoms with Gasteiger partial charge in [0.1, 0.15) is 11.6 Å². The maximum Gasteiger partial charge on any atom is 0.301 e. The van der Waals surface area contributed by atoms with Crippen LogP contribution in [0.2, 0.25) is 10.0 Å². The quantitative estimate of drug-likeness (QED) is 0.0756. The Morgan fingerprint density at radius 2 is 1.80 bits per heavy atom. The van der Waals surface area contributed by atoms with E-state index >= 15 is 0 Å². The lowest BCUT2D eigenvalue weighted by Crippen LogP contribution is -2.29. The zero-order valence-electron chi connectivity index (χ0n) is 22.1. The minimum absolute atomic E-state index is 0.0920. The number of benzene rings is 3. The maximum absolute atomic E-state index is 14.4. The third-order valence-corrected chi connectivity index (χ3v) is 9.27. The van der Waals surface area contributed by atoms with Crippen LogP contribution in [0.1, 0.15) is 28.3 Å². The molecule has 1 saturated heterocycles. The fourth-order valence-electron chi connectivity index (χ4n) is 4.33. The number of aryl methyl sites for hydroxylation is 1. The highest BCUT2D eigenvalue weighted by Crippen LogP contribution is 2.44. The number of anilines is 2. The number of aliphatic hydroxyl groups excluding tert-OH is 1. The number of halogens is 3. The Morgan fingerprint density at radius 3 is 2.46 bits per heavy atom. The van der Waals surface area contributed by atoms with Gasteiger partial charge >= 0.3 is 5.91 Å². The van der Waals surface area contributed by atoms with E-state index in [0.717, 1.165) is 28.7 Å². The zero-order valence-corrected chi connectivity index (χ0v) is 25.2. The summed E-state index contributed by atoms with van der Waals surface area (Å²) < 4.78 is 14.9. The van der Waals surface area contributed by atoms with Crippen molar-refractivity contribution >= 4 is 74.6 Å². The predicted octanol–water partition coefficient (Wildman–Crippen LogP) is 7.28. The number of Topliss-reactive ketones (excluding diaryl/α,β-unsaturated/α-hetero) is 1. The summed E-state index contributed by atoms with van der Waals surface area (Å²) in [5.41, 5.74) is 2.65. The molecule has 2 heterocycles. The van der Waals surface area contributed by atoms with E-state index in [2.05, 4.69) is 10.2 Å². The molecule has 1 atom stereocenters. The third kappa shape index (κ3) is 5.83. The fraction of sp³-hybridized carbons (Fsp3) is 0.172. The summed E-state index contributed by atoms with van der Waals surface area (Å²) in [6.07, 6.45) is 0. The number of nitrogens with zero attached hydrogens (tertiary/aromatic N) is 4. The van der Waals surface area contributed by atoms with Crippen LogP contribution in [0.4, 0.5) is 15.2 Å². The van der Waals surface area contributed by atoms with E-state index in [9.17, 15) is 19.1 Å². The molecule has 210 valence electrons. The van der Waals surface area contributed by atoms with E-state index in [4.69, 9.17) is 23.2 Å². The minimum Gasteiger partial charge on any atom is -0.507 e. The fourth-order valence-corrected chi connectivity index (χ4v) is 6.76. The largest absolute Gasteiger partial charge is 0.507 e. The number of rotatable bonds is 7. The third-order valence-electron chi connectivity index (χ3n) is 6.58. The Labute approximate surface area is 254 Å². The van der Waals surface area contributed by atoms with Gasteiger partial charge in [0.25, 0.3) is 5.78 Å². The van der Waals surface area contributed by atoms with Gasteiger partial charge in [-0.2, -0.15) is 0 Å². The number of hydrogen-bond acceptors (Lipinski definition) is 8. The van der Waals surface area contributed by atoms with Gasteiger partial charge in [0.15, 0.2) is 4.34 Å². The molecule has 1 aliphatic heterocycles. The SMILES string of the molecule is Cc1ccc(/C(O)=C2\C(=O)C(=O)N(c3nnc(SCc4ccc(Cl)cc4Cl)s3)C2c2ccc(N(C)C)cc2)cc1F. The number of amides is 1. The molecule has 0 spiro atoms. The van der Waals surface area contributed by atoms with Crippen LogP contribution in [-0.2, 0) is 15.3 Å². The van der Waals surface area contributed by atoms with Crippen molar-refractivity contribution < 1.29 is 19.1 Å². The molecule has 0 radical (unpaired) electrons. The minimum atomic E-state index is -1.01. The monoisotopic (exact) mass is 628 g/mol. The molecule has 7 nitrogen and oxygen atoms in total. The molecule has 1 N–H and O–H groups in total. The number of aliphatic hydroxyl groups is 1. The molecule has 12 heteroatoms. The average molecular weight is 630 g/mol. The van der Waals surface area contributed by atoms with Crippen LogP contribution < -0.4 is 9.80 Å². The summed E-state index contributed by atoms with van der Waals surface area (Å²) in [6.45, 7) is 1.59. The topological polar surface area (TPSA) is 86.6 Å². The van der Waals surface area contributed by atoms with Crippen molar-refractivity contribution in [3.05, 3.63) is 104 Å². The van der Waals surface area contributed by atoms with Crippen molar-refractivity contribution in [2.45, 2.75) is 23.1 Å². The number of ketones is 1. The van der Waals surface area contributed by atoms with Gasteiger partial charge in [0, 0.05) is 41.1 Å². The van der Waals surface area contributed by atoms with Crippen molar-refractivity contribution in [3.8, 4) is 0 Å². The van der Waals surface area contributed by atoms with Gasteiger partial charge in [-0.3, -0.25) is 14.5 Å². The number of carbonyl (C=O) groups excluding carboxylic acids is 2. The molecule has 0 bridgehead atoms. The summed E-state index contributed by atoms with van der Waals surface area (Å²) in [5.74, 6) is -2.29. The lowest BCUT2D eigenvalue weighted by molar-refractivity contribution is -0.132. The molecule has 0 saturated carbocycles. The molecular weight excluding hydrogens is 606 g/mol. The van der Waals surface area contributed by atoms with Crippen molar-refractivity contribution in [3.63, 3.8) is 0 Å². The summed E-state index contributed by atoms with van der Waals surface area (Å²) in [4.78, 5) is 30.0. The van der Waals surface area contributed by atoms with Crippen LogP contribution in [0, 0.1) is 12.7 Å². The first-order chi connectivity index (χ1) is 19.5. The molecule has 1 aromatic heterocycles. The predicted molar refractivity (Wildman–Crippen MR) is 163 cm³/mol. The number of thioether (sulfide) groups is 1. The number of hydrogen-bond donors (Lipinski definition) is 1. The lowest BCUT2D eigenvalue weighted by atomic mass is 9.95. The normalized spacial score (nSPS) is 16.4. The Hall–Kier alpha value is -3.44. The molecule has 1 amide bonds. The smallest absolute Gasteiger partial charge is 0.301 e. The van der Waals surface area contributed by atoms with E-state index < -0.39 is 29.3 Å². The first-order valence-corrected chi connectivity index (χ1v) is 14.9. The first kappa shape index (κ1) is 29.1. The summed E-state index contributed by atoms with van der Waals surface area (Å²) in [7, 11) is 3.79. The molecule has 41 heavy (non-hydrogen) atoms. The summed E-state index contributed by atoms with van der Waals surface area (Å²) in [5, 5.41) is 21.0. The number of aromatic nitrogens is 2. The molecule has 5 rings (SSSR count). The van der Waals surface area contributed by atoms with Crippen LogP contribution >= 0.6 is 46.3 Å². The lowest BCUT2D eigenvalue weighted by Gasteiger charge is -2.23. The Morgan fingerprint density at radius 1 is 1.07 bits per heavy atom. The van der Waals surface area contributed by atoms with E-state index in [0.29, 0.717) is 31.3 Å². The Bertz CT molecular complexity index is 1690. The van der Waals surface area contributed by atoms with E-state index in [1.165, 1.54) is 28.8 Å². The van der Waals surface area contributed by atoms with Gasteiger partial charge in [-0.05, 0) is 53.9 Å². The van der Waals surface area contributed by atoms with Gasteiger partial charge in [-0.25, -0.2) is 4.39 Å². The molecule has 4 aromatic rings. The first-order valence-electron chi connectivity index (χ1n) is 12.3. The van der Waals surface area contributed by atoms with E-state index in [-0.39, 0.29) is 16.3 Å². The second-order valence-corrected chi connectivity index (χ2v) is 12.5. The van der Waals surface area contributed by atoms with E-state index in [1.54, 1.807) is 31.2 Å². The van der Waals surface area contributed by atoms with Crippen LogP contribution in [0.3, 0.4) is 0 Å². The van der Waals surface area contributed by atoms with Gasteiger partial charge < -0.3 is 10.0 Å². The molecule has 3 aromatic carbocycles. The zero-order chi connectivity index (χ0) is 29.4. The van der Waals surface area contributed by atoms with Crippen molar-refractivity contribution in [2.24, 2.45) is 0 Å². The molecule has 1 aliphatic rings. The highest BCUT2D eigenvalue weighted by atomic mass is 35.5. The van der Waals surface area contributed by atoms with Crippen LogP contribution in [0.5, 0.6) is 0 Å². The van der Waals surface area contributed by atoms with Gasteiger partial charge in [0.2, 0.25) is 5.13 Å². The molecule has 0 aliphatic carbocycles. The number of carbonyl (C=O) groups is 2. The standard InChI is InChI=1S/C29H23Cl2FN4O3S2/c1-15-4-5-17(12-22(15)32)25(37)23-24(16-7-10-20(11-8-16)35(2)3)36(27(39)26(23)38)28-33-34-29(41-28)40-14-18-6-9-19(30)13-21(18)31/h4-13,24,37H,14H2,1-3H3/b25-23+. The van der Waals surface area contributed by atoms with Crippen molar-refractivity contribution in [1.29, 1.82) is 0 Å². The second kappa shape index (κ2) is 11.8.